The van der Waals surface area contributed by atoms with Crippen molar-refractivity contribution in [2.45, 2.75) is 52.5 Å². The Bertz CT molecular complexity index is 1310. The van der Waals surface area contributed by atoms with E-state index >= 15 is 0 Å². The summed E-state index contributed by atoms with van der Waals surface area (Å²) in [5, 5.41) is 12.4. The van der Waals surface area contributed by atoms with Crippen molar-refractivity contribution in [3.8, 4) is 5.75 Å². The molecule has 2 heterocycles. The fourth-order valence-electron chi connectivity index (χ4n) is 4.90. The number of ketones is 1. The summed E-state index contributed by atoms with van der Waals surface area (Å²) >= 11 is 0. The van der Waals surface area contributed by atoms with Crippen LogP contribution in [0.2, 0.25) is 0 Å². The van der Waals surface area contributed by atoms with E-state index in [0.717, 1.165) is 27.7 Å². The Morgan fingerprint density at radius 2 is 1.85 bits per heavy atom. The maximum Gasteiger partial charge on any atom is 0.295 e. The molecule has 1 aliphatic heterocycles. The van der Waals surface area contributed by atoms with Gasteiger partial charge in [0, 0.05) is 39.8 Å². The number of para-hydroxylation sites is 1. The van der Waals surface area contributed by atoms with Gasteiger partial charge in [-0.2, -0.15) is 0 Å². The molecule has 1 amide bonds. The summed E-state index contributed by atoms with van der Waals surface area (Å²) in [7, 11) is 1.61. The van der Waals surface area contributed by atoms with E-state index in [2.05, 4.69) is 25.8 Å². The van der Waals surface area contributed by atoms with E-state index in [1.807, 2.05) is 44.2 Å². The predicted molar refractivity (Wildman–Crippen MR) is 134 cm³/mol. The zero-order chi connectivity index (χ0) is 24.8. The zero-order valence-electron chi connectivity index (χ0n) is 20.7. The highest BCUT2D eigenvalue weighted by atomic mass is 16.5. The number of hydrogen-bond acceptors (Lipinski definition) is 4. The number of H-pyrrole nitrogens is 1. The number of aryl methyl sites for hydroxylation is 1. The molecule has 0 spiro atoms. The number of rotatable bonds is 5. The summed E-state index contributed by atoms with van der Waals surface area (Å²) in [5.74, 6) is -0.698. The lowest BCUT2D eigenvalue weighted by Gasteiger charge is -2.26. The lowest BCUT2D eigenvalue weighted by Crippen LogP contribution is -2.30. The first-order valence-corrected chi connectivity index (χ1v) is 11.6. The van der Waals surface area contributed by atoms with E-state index in [-0.39, 0.29) is 16.7 Å². The predicted octanol–water partition coefficient (Wildman–Crippen LogP) is 5.61. The van der Waals surface area contributed by atoms with Crippen LogP contribution >= 0.6 is 0 Å². The molecule has 1 fully saturated rings. The lowest BCUT2D eigenvalue weighted by molar-refractivity contribution is -0.139. The number of aliphatic hydroxyl groups is 1. The smallest absolute Gasteiger partial charge is 0.295 e. The van der Waals surface area contributed by atoms with Crippen molar-refractivity contribution in [3.63, 3.8) is 0 Å². The first-order chi connectivity index (χ1) is 16.1. The van der Waals surface area contributed by atoms with Crippen LogP contribution in [0.4, 0.5) is 0 Å². The van der Waals surface area contributed by atoms with Gasteiger partial charge < -0.3 is 19.7 Å². The maximum atomic E-state index is 13.3. The molecule has 0 radical (unpaired) electrons. The third-order valence-corrected chi connectivity index (χ3v) is 6.50. The van der Waals surface area contributed by atoms with Gasteiger partial charge >= 0.3 is 0 Å². The van der Waals surface area contributed by atoms with Crippen molar-refractivity contribution in [1.82, 2.24) is 9.88 Å². The number of nitrogens with one attached hydrogen (secondary N) is 1. The largest absolute Gasteiger partial charge is 0.507 e. The number of benzene rings is 2. The summed E-state index contributed by atoms with van der Waals surface area (Å²) in [6.45, 7) is 10.5. The fraction of sp³-hybridized carbons (Fsp3) is 0.357. The summed E-state index contributed by atoms with van der Waals surface area (Å²) in [6, 6.07) is 12.5. The Morgan fingerprint density at radius 1 is 1.15 bits per heavy atom. The SMILES string of the molecule is CCCN1C(=O)C(=O)/C(=C(/O)c2ccc(OC)c(C(C)(C)C)c2)C1c1c(C)[nH]c2ccccc12. The summed E-state index contributed by atoms with van der Waals surface area (Å²) in [5.41, 5.74) is 3.90. The molecule has 1 aromatic heterocycles. The summed E-state index contributed by atoms with van der Waals surface area (Å²) < 4.78 is 5.53. The Labute approximate surface area is 200 Å². The van der Waals surface area contributed by atoms with Gasteiger partial charge in [0.1, 0.15) is 11.5 Å². The number of aromatic nitrogens is 1. The van der Waals surface area contributed by atoms with Crippen LogP contribution in [0.3, 0.4) is 0 Å². The van der Waals surface area contributed by atoms with Crippen molar-refractivity contribution < 1.29 is 19.4 Å². The van der Waals surface area contributed by atoms with E-state index < -0.39 is 17.7 Å². The molecule has 6 nitrogen and oxygen atoms in total. The van der Waals surface area contributed by atoms with E-state index in [0.29, 0.717) is 24.3 Å². The Hall–Kier alpha value is -3.54. The van der Waals surface area contributed by atoms with Crippen molar-refractivity contribution in [2.75, 3.05) is 13.7 Å². The summed E-state index contributed by atoms with van der Waals surface area (Å²) in [6.07, 6.45) is 0.696. The van der Waals surface area contributed by atoms with Crippen LogP contribution < -0.4 is 4.74 Å². The van der Waals surface area contributed by atoms with Crippen LogP contribution in [0.25, 0.3) is 16.7 Å². The molecule has 0 bridgehead atoms. The molecular formula is C28H32N2O4. The Balaban J connectivity index is 1.99. The number of methoxy groups -OCH3 is 1. The van der Waals surface area contributed by atoms with Gasteiger partial charge in [-0.15, -0.1) is 0 Å². The number of amides is 1. The van der Waals surface area contributed by atoms with Gasteiger partial charge in [0.05, 0.1) is 18.7 Å². The average Bonchev–Trinajstić information content (AvgIpc) is 3.25. The van der Waals surface area contributed by atoms with Crippen LogP contribution in [-0.4, -0.2) is 40.3 Å². The number of ether oxygens (including phenoxy) is 1. The molecule has 2 aromatic carbocycles. The number of likely N-dealkylation sites (tertiary alicyclic amines) is 1. The number of nitrogens with zero attached hydrogens (tertiary/aromatic N) is 1. The van der Waals surface area contributed by atoms with Crippen LogP contribution in [0.1, 0.15) is 62.5 Å². The minimum absolute atomic E-state index is 0.122. The van der Waals surface area contributed by atoms with Crippen molar-refractivity contribution in [3.05, 3.63) is 70.4 Å². The van der Waals surface area contributed by atoms with Crippen molar-refractivity contribution in [2.24, 2.45) is 0 Å². The normalized spacial score (nSPS) is 18.2. The van der Waals surface area contributed by atoms with Crippen molar-refractivity contribution in [1.29, 1.82) is 0 Å². The van der Waals surface area contributed by atoms with Gasteiger partial charge in [-0.1, -0.05) is 45.9 Å². The molecule has 0 aliphatic carbocycles. The molecule has 1 unspecified atom stereocenters. The van der Waals surface area contributed by atoms with Gasteiger partial charge in [-0.3, -0.25) is 9.59 Å². The van der Waals surface area contributed by atoms with Gasteiger partial charge in [-0.05, 0) is 43.0 Å². The first kappa shape index (κ1) is 23.6. The topological polar surface area (TPSA) is 82.6 Å². The second-order valence-electron chi connectivity index (χ2n) is 9.87. The number of carbonyl (C=O) groups is 2. The second kappa shape index (κ2) is 8.67. The number of Topliss-reactive ketones (excluding diaryl/α,β-unsaturated/α-hetero) is 1. The highest BCUT2D eigenvalue weighted by Crippen LogP contribution is 2.44. The van der Waals surface area contributed by atoms with Gasteiger partial charge in [0.25, 0.3) is 11.7 Å². The van der Waals surface area contributed by atoms with Gasteiger partial charge in [0.15, 0.2) is 0 Å². The monoisotopic (exact) mass is 460 g/mol. The third kappa shape index (κ3) is 3.77. The number of carbonyl (C=O) groups excluding carboxylic acids is 2. The number of aliphatic hydroxyl groups excluding tert-OH is 1. The quantitative estimate of drug-likeness (QED) is 0.294. The standard InChI is InChI=1S/C28H32N2O4/c1-7-14-30-24(22-16(2)29-20-11-9-8-10-18(20)22)23(26(32)27(30)33)25(31)17-12-13-21(34-6)19(15-17)28(3,4)5/h8-13,15,24,29,31H,7,14H2,1-6H3/b25-23+. The Morgan fingerprint density at radius 3 is 2.50 bits per heavy atom. The highest BCUT2D eigenvalue weighted by Gasteiger charge is 2.47. The molecule has 1 saturated heterocycles. The molecular weight excluding hydrogens is 428 g/mol. The summed E-state index contributed by atoms with van der Waals surface area (Å²) in [4.78, 5) is 31.4. The molecule has 1 atom stereocenters. The molecule has 1 aliphatic rings. The molecule has 6 heteroatoms. The third-order valence-electron chi connectivity index (χ3n) is 6.50. The molecule has 4 rings (SSSR count). The average molecular weight is 461 g/mol. The van der Waals surface area contributed by atoms with Crippen molar-refractivity contribution >= 4 is 28.4 Å². The van der Waals surface area contributed by atoms with E-state index in [1.54, 1.807) is 24.1 Å². The Kier molecular flexibility index (Phi) is 6.02. The highest BCUT2D eigenvalue weighted by molar-refractivity contribution is 6.46. The maximum absolute atomic E-state index is 13.3. The van der Waals surface area contributed by atoms with Gasteiger partial charge in [0.2, 0.25) is 0 Å². The van der Waals surface area contributed by atoms with Crippen LogP contribution in [0, 0.1) is 6.92 Å². The molecule has 34 heavy (non-hydrogen) atoms. The number of hydrogen-bond donors (Lipinski definition) is 2. The minimum atomic E-state index is -0.670. The first-order valence-electron chi connectivity index (χ1n) is 11.6. The van der Waals surface area contributed by atoms with Gasteiger partial charge in [-0.25, -0.2) is 0 Å². The van der Waals surface area contributed by atoms with Crippen LogP contribution in [-0.2, 0) is 15.0 Å². The number of fused-ring (bicyclic) bond motifs is 1. The number of aromatic amines is 1. The molecule has 2 N–H and O–H groups in total. The fourth-order valence-corrected chi connectivity index (χ4v) is 4.90. The zero-order valence-corrected chi connectivity index (χ0v) is 20.7. The molecule has 3 aromatic rings. The van der Waals surface area contributed by atoms with E-state index in [9.17, 15) is 14.7 Å². The molecule has 178 valence electrons. The van der Waals surface area contributed by atoms with Crippen LogP contribution in [0.5, 0.6) is 5.75 Å². The lowest BCUT2D eigenvalue weighted by atomic mass is 9.84. The van der Waals surface area contributed by atoms with Crippen LogP contribution in [0.15, 0.2) is 48.0 Å². The minimum Gasteiger partial charge on any atom is -0.507 e. The molecule has 0 saturated carbocycles. The second-order valence-corrected chi connectivity index (χ2v) is 9.87. The van der Waals surface area contributed by atoms with E-state index in [4.69, 9.17) is 4.74 Å². The van der Waals surface area contributed by atoms with E-state index in [1.165, 1.54) is 0 Å².